The van der Waals surface area contributed by atoms with E-state index in [0.29, 0.717) is 0 Å². The van der Waals surface area contributed by atoms with Crippen LogP contribution in [-0.2, 0) is 13.2 Å². The van der Waals surface area contributed by atoms with Crippen molar-refractivity contribution in [1.82, 2.24) is 0 Å². The summed E-state index contributed by atoms with van der Waals surface area (Å²) in [5, 5.41) is 12.3. The fourth-order valence-electron chi connectivity index (χ4n) is 1.58. The van der Waals surface area contributed by atoms with Crippen molar-refractivity contribution in [3.63, 3.8) is 0 Å². The van der Waals surface area contributed by atoms with Crippen LogP contribution in [0.2, 0.25) is 0 Å². The quantitative estimate of drug-likeness (QED) is 0.903. The number of benzene rings is 2. The molecule has 0 unspecified atom stereocenters. The van der Waals surface area contributed by atoms with Crippen LogP contribution in [0.4, 0.5) is 5.69 Å². The molecule has 0 aliphatic heterocycles. The highest BCUT2D eigenvalue weighted by Crippen LogP contribution is 2.14. The van der Waals surface area contributed by atoms with Gasteiger partial charge in [0, 0.05) is 16.7 Å². The molecule has 2 rings (SSSR count). The number of anilines is 1. The predicted octanol–water partition coefficient (Wildman–Crippen LogP) is 3.55. The Hall–Kier alpha value is -1.32. The van der Waals surface area contributed by atoms with E-state index in [4.69, 9.17) is 5.11 Å². The molecule has 0 atom stereocenters. The van der Waals surface area contributed by atoms with Crippen LogP contribution >= 0.6 is 15.9 Å². The number of aliphatic hydroxyl groups excluding tert-OH is 1. The number of hydrogen-bond acceptors (Lipinski definition) is 2. The highest BCUT2D eigenvalue weighted by atomic mass is 79.9. The Morgan fingerprint density at radius 1 is 1.00 bits per heavy atom. The van der Waals surface area contributed by atoms with Crippen LogP contribution in [-0.4, -0.2) is 5.11 Å². The Morgan fingerprint density at radius 2 is 1.76 bits per heavy atom. The van der Waals surface area contributed by atoms with E-state index in [1.165, 1.54) is 5.56 Å². The standard InChI is InChI=1S/C14H14BrNO/c15-13-3-1-2-12(8-13)9-16-14-6-4-11(10-17)5-7-14/h1-8,16-17H,9-10H2. The lowest BCUT2D eigenvalue weighted by molar-refractivity contribution is 0.282. The van der Waals surface area contributed by atoms with Gasteiger partial charge in [-0.1, -0.05) is 40.2 Å². The number of hydrogen-bond donors (Lipinski definition) is 2. The minimum atomic E-state index is 0.0892. The molecule has 0 saturated heterocycles. The smallest absolute Gasteiger partial charge is 0.0681 e. The topological polar surface area (TPSA) is 32.3 Å². The summed E-state index contributed by atoms with van der Waals surface area (Å²) in [7, 11) is 0. The van der Waals surface area contributed by atoms with Gasteiger partial charge in [-0.15, -0.1) is 0 Å². The SMILES string of the molecule is OCc1ccc(NCc2cccc(Br)c2)cc1. The van der Waals surface area contributed by atoms with Gasteiger partial charge in [-0.05, 0) is 35.4 Å². The van der Waals surface area contributed by atoms with Crippen molar-refractivity contribution in [3.8, 4) is 0 Å². The lowest BCUT2D eigenvalue weighted by Gasteiger charge is -2.07. The van der Waals surface area contributed by atoms with Gasteiger partial charge in [0.1, 0.15) is 0 Å². The summed E-state index contributed by atoms with van der Waals surface area (Å²) in [5.74, 6) is 0. The number of nitrogens with one attached hydrogen (secondary N) is 1. The highest BCUT2D eigenvalue weighted by Gasteiger charge is 1.95. The number of aliphatic hydroxyl groups is 1. The van der Waals surface area contributed by atoms with Crippen LogP contribution in [0, 0.1) is 0 Å². The van der Waals surface area contributed by atoms with Crippen molar-refractivity contribution in [3.05, 3.63) is 64.1 Å². The van der Waals surface area contributed by atoms with E-state index in [9.17, 15) is 0 Å². The third kappa shape index (κ3) is 3.58. The van der Waals surface area contributed by atoms with E-state index in [1.807, 2.05) is 36.4 Å². The first-order valence-corrected chi connectivity index (χ1v) is 6.25. The second-order valence-electron chi connectivity index (χ2n) is 3.84. The van der Waals surface area contributed by atoms with Crippen molar-refractivity contribution < 1.29 is 5.11 Å². The molecule has 0 spiro atoms. The van der Waals surface area contributed by atoms with Crippen molar-refractivity contribution in [2.45, 2.75) is 13.2 Å². The maximum atomic E-state index is 8.94. The second-order valence-corrected chi connectivity index (χ2v) is 4.75. The average molecular weight is 292 g/mol. The highest BCUT2D eigenvalue weighted by molar-refractivity contribution is 9.10. The summed E-state index contributed by atoms with van der Waals surface area (Å²) in [6.45, 7) is 0.879. The Labute approximate surface area is 109 Å². The van der Waals surface area contributed by atoms with Crippen LogP contribution in [0.3, 0.4) is 0 Å². The molecule has 0 amide bonds. The second kappa shape index (κ2) is 5.84. The van der Waals surface area contributed by atoms with Crippen LogP contribution in [0.5, 0.6) is 0 Å². The van der Waals surface area contributed by atoms with Gasteiger partial charge in [0.2, 0.25) is 0 Å². The van der Waals surface area contributed by atoms with Gasteiger partial charge in [0.05, 0.1) is 6.61 Å². The van der Waals surface area contributed by atoms with Crippen LogP contribution in [0.1, 0.15) is 11.1 Å². The molecule has 0 aliphatic carbocycles. The molecule has 0 aromatic heterocycles. The van der Waals surface area contributed by atoms with Crippen molar-refractivity contribution in [2.24, 2.45) is 0 Å². The molecular formula is C14H14BrNO. The molecule has 0 saturated carbocycles. The molecule has 2 nitrogen and oxygen atoms in total. The fourth-order valence-corrected chi connectivity index (χ4v) is 2.03. The molecule has 2 aromatic carbocycles. The fraction of sp³-hybridized carbons (Fsp3) is 0.143. The van der Waals surface area contributed by atoms with Gasteiger partial charge in [-0.25, -0.2) is 0 Å². The van der Waals surface area contributed by atoms with E-state index >= 15 is 0 Å². The van der Waals surface area contributed by atoms with E-state index < -0.39 is 0 Å². The van der Waals surface area contributed by atoms with Crippen molar-refractivity contribution >= 4 is 21.6 Å². The molecule has 0 radical (unpaired) electrons. The Morgan fingerprint density at radius 3 is 2.41 bits per heavy atom. The molecule has 0 fully saturated rings. The third-order valence-electron chi connectivity index (χ3n) is 2.52. The zero-order chi connectivity index (χ0) is 12.1. The Bertz CT molecular complexity index is 482. The normalized spacial score (nSPS) is 10.2. The Balaban J connectivity index is 1.97. The molecule has 0 heterocycles. The maximum Gasteiger partial charge on any atom is 0.0681 e. The van der Waals surface area contributed by atoms with E-state index in [1.54, 1.807) is 0 Å². The summed E-state index contributed by atoms with van der Waals surface area (Å²) in [4.78, 5) is 0. The largest absolute Gasteiger partial charge is 0.392 e. The molecule has 88 valence electrons. The number of halogens is 1. The van der Waals surface area contributed by atoms with Gasteiger partial charge in [-0.3, -0.25) is 0 Å². The summed E-state index contributed by atoms with van der Waals surface area (Å²) >= 11 is 3.45. The lowest BCUT2D eigenvalue weighted by Crippen LogP contribution is -1.99. The lowest BCUT2D eigenvalue weighted by atomic mass is 10.2. The first-order chi connectivity index (χ1) is 8.28. The maximum absolute atomic E-state index is 8.94. The molecular weight excluding hydrogens is 278 g/mol. The zero-order valence-corrected chi connectivity index (χ0v) is 10.9. The molecule has 3 heteroatoms. The summed E-state index contributed by atoms with van der Waals surface area (Å²) in [6, 6.07) is 16.0. The van der Waals surface area contributed by atoms with Gasteiger partial charge >= 0.3 is 0 Å². The Kier molecular flexibility index (Phi) is 4.18. The van der Waals surface area contributed by atoms with Crippen LogP contribution in [0.15, 0.2) is 53.0 Å². The molecule has 0 aliphatic rings. The van der Waals surface area contributed by atoms with Gasteiger partial charge in [0.25, 0.3) is 0 Å². The summed E-state index contributed by atoms with van der Waals surface area (Å²) < 4.78 is 1.09. The monoisotopic (exact) mass is 291 g/mol. The van der Waals surface area contributed by atoms with Crippen molar-refractivity contribution in [1.29, 1.82) is 0 Å². The van der Waals surface area contributed by atoms with E-state index in [-0.39, 0.29) is 6.61 Å². The summed E-state index contributed by atoms with van der Waals surface area (Å²) in [5.41, 5.74) is 3.21. The van der Waals surface area contributed by atoms with Crippen LogP contribution in [0.25, 0.3) is 0 Å². The van der Waals surface area contributed by atoms with Gasteiger partial charge in [0.15, 0.2) is 0 Å². The van der Waals surface area contributed by atoms with E-state index in [0.717, 1.165) is 22.3 Å². The average Bonchev–Trinajstić information content (AvgIpc) is 2.37. The summed E-state index contributed by atoms with van der Waals surface area (Å²) in [6.07, 6.45) is 0. The molecule has 17 heavy (non-hydrogen) atoms. The van der Waals surface area contributed by atoms with Crippen LogP contribution < -0.4 is 5.32 Å². The molecule has 2 aromatic rings. The minimum Gasteiger partial charge on any atom is -0.392 e. The van der Waals surface area contributed by atoms with E-state index in [2.05, 4.69) is 33.4 Å². The van der Waals surface area contributed by atoms with Gasteiger partial charge < -0.3 is 10.4 Å². The first-order valence-electron chi connectivity index (χ1n) is 5.46. The van der Waals surface area contributed by atoms with Crippen molar-refractivity contribution in [2.75, 3.05) is 5.32 Å². The first kappa shape index (κ1) is 12.1. The molecule has 2 N–H and O–H groups in total. The van der Waals surface area contributed by atoms with Gasteiger partial charge in [-0.2, -0.15) is 0 Å². The minimum absolute atomic E-state index is 0.0892. The number of rotatable bonds is 4. The predicted molar refractivity (Wildman–Crippen MR) is 73.8 cm³/mol. The third-order valence-corrected chi connectivity index (χ3v) is 3.02. The molecule has 0 bridgehead atoms. The zero-order valence-electron chi connectivity index (χ0n) is 9.36.